The maximum Gasteiger partial charge on any atom is 0.269 e. The first-order chi connectivity index (χ1) is 9.60. The van der Waals surface area contributed by atoms with Crippen LogP contribution in [-0.4, -0.2) is 35.6 Å². The highest BCUT2D eigenvalue weighted by Gasteiger charge is 2.04. The Morgan fingerprint density at radius 2 is 2.25 bits per heavy atom. The number of nitrogens with zero attached hydrogens (tertiary/aromatic N) is 3. The van der Waals surface area contributed by atoms with Gasteiger partial charge in [-0.3, -0.25) is 4.79 Å². The van der Waals surface area contributed by atoms with E-state index in [2.05, 4.69) is 16.9 Å². The molecule has 0 saturated heterocycles. The van der Waals surface area contributed by atoms with E-state index in [4.69, 9.17) is 5.11 Å². The van der Waals surface area contributed by atoms with Crippen molar-refractivity contribution < 1.29 is 5.11 Å². The molecule has 0 unspecified atom stereocenters. The van der Waals surface area contributed by atoms with E-state index in [-0.39, 0.29) is 12.2 Å². The summed E-state index contributed by atoms with van der Waals surface area (Å²) >= 11 is 1.52. The third-order valence-electron chi connectivity index (χ3n) is 2.64. The van der Waals surface area contributed by atoms with E-state index in [0.29, 0.717) is 6.54 Å². The van der Waals surface area contributed by atoms with E-state index in [1.807, 2.05) is 30.4 Å². The summed E-state index contributed by atoms with van der Waals surface area (Å²) in [5.74, 6) is 5.43. The standard InChI is InChI=1S/C14H15N3O2S/c1-16(2)12-7-14(19)17(15-8-12)9-13-6-11(10-20-13)4-3-5-18/h6-8,10,18H,5,9H2,1-2H3. The van der Waals surface area contributed by atoms with Crippen LogP contribution in [0.25, 0.3) is 0 Å². The number of hydrogen-bond donors (Lipinski definition) is 1. The molecule has 0 aromatic carbocycles. The van der Waals surface area contributed by atoms with Crippen molar-refractivity contribution in [3.05, 3.63) is 44.5 Å². The molecule has 0 fully saturated rings. The highest BCUT2D eigenvalue weighted by Crippen LogP contribution is 2.14. The fourth-order valence-electron chi connectivity index (χ4n) is 1.61. The molecule has 0 bridgehead atoms. The van der Waals surface area contributed by atoms with Gasteiger partial charge in [-0.05, 0) is 6.07 Å². The largest absolute Gasteiger partial charge is 0.384 e. The van der Waals surface area contributed by atoms with Crippen LogP contribution in [0.15, 0.2) is 28.5 Å². The number of rotatable bonds is 3. The van der Waals surface area contributed by atoms with Crippen molar-refractivity contribution in [2.24, 2.45) is 0 Å². The fourth-order valence-corrected chi connectivity index (χ4v) is 2.40. The lowest BCUT2D eigenvalue weighted by atomic mass is 10.3. The van der Waals surface area contributed by atoms with Gasteiger partial charge in [-0.15, -0.1) is 11.3 Å². The molecule has 104 valence electrons. The predicted octanol–water partition coefficient (Wildman–Crippen LogP) is 0.763. The number of aromatic nitrogens is 2. The monoisotopic (exact) mass is 289 g/mol. The Balaban J connectivity index is 2.18. The van der Waals surface area contributed by atoms with Gasteiger partial charge < -0.3 is 10.0 Å². The number of anilines is 1. The van der Waals surface area contributed by atoms with E-state index < -0.39 is 0 Å². The number of thiophene rings is 1. The molecule has 0 spiro atoms. The maximum absolute atomic E-state index is 11.9. The number of aliphatic hydroxyl groups is 1. The first kappa shape index (κ1) is 14.3. The minimum Gasteiger partial charge on any atom is -0.384 e. The molecule has 0 aliphatic rings. The van der Waals surface area contributed by atoms with Gasteiger partial charge in [0, 0.05) is 36.0 Å². The molecule has 0 amide bonds. The van der Waals surface area contributed by atoms with Gasteiger partial charge in [-0.25, -0.2) is 4.68 Å². The molecule has 0 aliphatic heterocycles. The van der Waals surface area contributed by atoms with Crippen molar-refractivity contribution in [1.29, 1.82) is 0 Å². The quantitative estimate of drug-likeness (QED) is 0.848. The van der Waals surface area contributed by atoms with Gasteiger partial charge in [0.15, 0.2) is 0 Å². The summed E-state index contributed by atoms with van der Waals surface area (Å²) < 4.78 is 1.42. The number of hydrogen-bond acceptors (Lipinski definition) is 5. The SMILES string of the molecule is CN(C)c1cnn(Cc2cc(C#CCO)cs2)c(=O)c1. The normalized spacial score (nSPS) is 9.95. The molecule has 0 saturated carbocycles. The topological polar surface area (TPSA) is 58.4 Å². The average Bonchev–Trinajstić information content (AvgIpc) is 2.86. The minimum atomic E-state index is -0.155. The average molecular weight is 289 g/mol. The molecular weight excluding hydrogens is 274 g/mol. The summed E-state index contributed by atoms with van der Waals surface area (Å²) in [4.78, 5) is 14.8. The van der Waals surface area contributed by atoms with Crippen LogP contribution in [0.1, 0.15) is 10.4 Å². The van der Waals surface area contributed by atoms with Gasteiger partial charge in [-0.1, -0.05) is 11.8 Å². The second-order valence-corrected chi connectivity index (χ2v) is 5.36. The summed E-state index contributed by atoms with van der Waals surface area (Å²) in [6.07, 6.45) is 1.67. The fraction of sp³-hybridized carbons (Fsp3) is 0.286. The lowest BCUT2D eigenvalue weighted by Crippen LogP contribution is -2.24. The first-order valence-electron chi connectivity index (χ1n) is 6.02. The van der Waals surface area contributed by atoms with Crippen LogP contribution in [0.2, 0.25) is 0 Å². The smallest absolute Gasteiger partial charge is 0.269 e. The van der Waals surface area contributed by atoms with Crippen LogP contribution in [0.4, 0.5) is 5.69 Å². The predicted molar refractivity (Wildman–Crippen MR) is 80.2 cm³/mol. The second kappa shape index (κ2) is 6.37. The Kier molecular flexibility index (Phi) is 4.56. The summed E-state index contributed by atoms with van der Waals surface area (Å²) in [7, 11) is 3.73. The van der Waals surface area contributed by atoms with Crippen molar-refractivity contribution in [1.82, 2.24) is 9.78 Å². The zero-order valence-electron chi connectivity index (χ0n) is 11.3. The highest BCUT2D eigenvalue weighted by atomic mass is 32.1. The molecular formula is C14H15N3O2S. The van der Waals surface area contributed by atoms with Crippen LogP contribution in [-0.2, 0) is 6.54 Å². The van der Waals surface area contributed by atoms with Crippen molar-refractivity contribution in [2.45, 2.75) is 6.54 Å². The number of aliphatic hydroxyl groups excluding tert-OH is 1. The van der Waals surface area contributed by atoms with E-state index in [1.54, 1.807) is 12.3 Å². The van der Waals surface area contributed by atoms with Crippen LogP contribution >= 0.6 is 11.3 Å². The van der Waals surface area contributed by atoms with Gasteiger partial charge in [0.05, 0.1) is 18.4 Å². The second-order valence-electron chi connectivity index (χ2n) is 4.37. The van der Waals surface area contributed by atoms with Crippen LogP contribution in [0.3, 0.4) is 0 Å². The van der Waals surface area contributed by atoms with Crippen LogP contribution in [0.5, 0.6) is 0 Å². The summed E-state index contributed by atoms with van der Waals surface area (Å²) in [6, 6.07) is 3.47. The molecule has 2 aromatic heterocycles. The Morgan fingerprint density at radius 3 is 2.90 bits per heavy atom. The van der Waals surface area contributed by atoms with Crippen molar-refractivity contribution in [3.63, 3.8) is 0 Å². The first-order valence-corrected chi connectivity index (χ1v) is 6.90. The molecule has 5 nitrogen and oxygen atoms in total. The zero-order chi connectivity index (χ0) is 14.5. The molecule has 2 heterocycles. The summed E-state index contributed by atoms with van der Waals surface area (Å²) in [5, 5.41) is 14.7. The molecule has 0 radical (unpaired) electrons. The molecule has 2 rings (SSSR count). The van der Waals surface area contributed by atoms with E-state index in [0.717, 1.165) is 16.1 Å². The van der Waals surface area contributed by atoms with Gasteiger partial charge in [-0.2, -0.15) is 5.10 Å². The third kappa shape index (κ3) is 3.47. The van der Waals surface area contributed by atoms with E-state index in [9.17, 15) is 4.79 Å². The molecule has 6 heteroatoms. The van der Waals surface area contributed by atoms with Gasteiger partial charge in [0.25, 0.3) is 5.56 Å². The van der Waals surface area contributed by atoms with Crippen molar-refractivity contribution >= 4 is 17.0 Å². The van der Waals surface area contributed by atoms with Crippen LogP contribution < -0.4 is 10.5 Å². The minimum absolute atomic E-state index is 0.132. The van der Waals surface area contributed by atoms with Crippen LogP contribution in [0, 0.1) is 11.8 Å². The summed E-state index contributed by atoms with van der Waals surface area (Å²) in [5.41, 5.74) is 1.50. The van der Waals surface area contributed by atoms with Gasteiger partial charge in [0.1, 0.15) is 6.61 Å². The Labute approximate surface area is 121 Å². The Morgan fingerprint density at radius 1 is 1.45 bits per heavy atom. The molecule has 1 N–H and O–H groups in total. The molecule has 0 atom stereocenters. The Bertz CT molecular complexity index is 707. The highest BCUT2D eigenvalue weighted by molar-refractivity contribution is 7.10. The van der Waals surface area contributed by atoms with E-state index in [1.165, 1.54) is 16.0 Å². The molecule has 2 aromatic rings. The van der Waals surface area contributed by atoms with Crippen molar-refractivity contribution in [3.8, 4) is 11.8 Å². The van der Waals surface area contributed by atoms with Gasteiger partial charge >= 0.3 is 0 Å². The van der Waals surface area contributed by atoms with E-state index >= 15 is 0 Å². The third-order valence-corrected chi connectivity index (χ3v) is 3.56. The summed E-state index contributed by atoms with van der Waals surface area (Å²) in [6.45, 7) is 0.274. The maximum atomic E-state index is 11.9. The Hall–Kier alpha value is -2.10. The molecule has 0 aliphatic carbocycles. The lowest BCUT2D eigenvalue weighted by Gasteiger charge is -2.11. The lowest BCUT2D eigenvalue weighted by molar-refractivity contribution is 0.350. The molecule has 20 heavy (non-hydrogen) atoms. The zero-order valence-corrected chi connectivity index (χ0v) is 12.1. The van der Waals surface area contributed by atoms with Gasteiger partial charge in [0.2, 0.25) is 0 Å². The van der Waals surface area contributed by atoms with Crippen molar-refractivity contribution in [2.75, 3.05) is 25.6 Å².